The van der Waals surface area contributed by atoms with Crippen LogP contribution in [0.25, 0.3) is 0 Å². The monoisotopic (exact) mass is 196 g/mol. The lowest BCUT2D eigenvalue weighted by atomic mass is 10.0. The van der Waals surface area contributed by atoms with Crippen molar-refractivity contribution in [1.29, 1.82) is 0 Å². The van der Waals surface area contributed by atoms with E-state index in [0.717, 1.165) is 24.9 Å². The molecule has 2 nitrogen and oxygen atoms in total. The Kier molecular flexibility index (Phi) is 1.34. The molecule has 1 aliphatic rings. The number of para-hydroxylation sites is 1. The molecule has 1 aliphatic heterocycles. The lowest BCUT2D eigenvalue weighted by Crippen LogP contribution is -2.18. The first-order valence-electron chi connectivity index (χ1n) is 7.84. The first kappa shape index (κ1) is 4.67. The van der Waals surface area contributed by atoms with E-state index in [0.29, 0.717) is 4.90 Å². The average molecular weight is 196 g/mol. The van der Waals surface area contributed by atoms with E-state index in [2.05, 4.69) is 5.32 Å². The van der Waals surface area contributed by atoms with Crippen molar-refractivity contribution >= 4 is 5.69 Å². The van der Waals surface area contributed by atoms with Crippen LogP contribution in [0.1, 0.15) is 32.7 Å². The quantitative estimate of drug-likeness (QED) is 0.780. The van der Waals surface area contributed by atoms with E-state index in [9.17, 15) is 0 Å². The highest BCUT2D eigenvalue weighted by atomic mass is 15.1. The summed E-state index contributed by atoms with van der Waals surface area (Å²) < 4.78 is 45.2. The van der Waals surface area contributed by atoms with Gasteiger partial charge in [-0.2, -0.15) is 0 Å². The molecule has 0 bridgehead atoms. The minimum atomic E-state index is -2.71. The van der Waals surface area contributed by atoms with E-state index in [-0.39, 0.29) is 11.7 Å². The van der Waals surface area contributed by atoms with Gasteiger partial charge in [0.25, 0.3) is 0 Å². The summed E-state index contributed by atoms with van der Waals surface area (Å²) in [7, 11) is 0. The van der Waals surface area contributed by atoms with Crippen LogP contribution in [0.5, 0.6) is 0 Å². The number of nitrogens with zero attached hydrogens (tertiary/aromatic N) is 1. The second-order valence-electron chi connectivity index (χ2n) is 3.54. The van der Waals surface area contributed by atoms with Crippen LogP contribution in [0.4, 0.5) is 5.69 Å². The molecule has 1 aromatic rings. The molecular formula is C12H18N2. The van der Waals surface area contributed by atoms with E-state index >= 15 is 0 Å². The molecule has 1 N–H and O–H groups in total. The van der Waals surface area contributed by atoms with Gasteiger partial charge in [-0.3, -0.25) is 0 Å². The molecule has 0 aliphatic carbocycles. The molecule has 1 heterocycles. The summed E-state index contributed by atoms with van der Waals surface area (Å²) in [5.41, 5.74) is 0.990. The number of hydrogen-bond acceptors (Lipinski definition) is 2. The summed E-state index contributed by atoms with van der Waals surface area (Å²) in [5.74, 6) is 0. The van der Waals surface area contributed by atoms with Gasteiger partial charge in [0.2, 0.25) is 0 Å². The largest absolute Gasteiger partial charge is 0.377 e. The van der Waals surface area contributed by atoms with Crippen molar-refractivity contribution in [3.05, 3.63) is 29.8 Å². The molecular weight excluding hydrogens is 172 g/mol. The number of anilines is 1. The highest BCUT2D eigenvalue weighted by molar-refractivity contribution is 5.54. The second kappa shape index (κ2) is 4.01. The zero-order valence-electron chi connectivity index (χ0n) is 14.0. The van der Waals surface area contributed by atoms with Crippen molar-refractivity contribution in [1.82, 2.24) is 5.32 Å². The summed E-state index contributed by atoms with van der Waals surface area (Å²) in [6.07, 6.45) is 1.88. The molecule has 1 saturated heterocycles. The van der Waals surface area contributed by atoms with Gasteiger partial charge in [-0.25, -0.2) is 0 Å². The Morgan fingerprint density at radius 1 is 1.43 bits per heavy atom. The topological polar surface area (TPSA) is 15.3 Å². The summed E-state index contributed by atoms with van der Waals surface area (Å²) >= 11 is 0. The van der Waals surface area contributed by atoms with Crippen LogP contribution in [0, 0.1) is 0 Å². The van der Waals surface area contributed by atoms with Gasteiger partial charge in [0, 0.05) is 33.9 Å². The van der Waals surface area contributed by atoms with Crippen LogP contribution < -0.4 is 10.2 Å². The molecule has 1 fully saturated rings. The van der Waals surface area contributed by atoms with E-state index in [1.165, 1.54) is 0 Å². The van der Waals surface area contributed by atoms with Crippen molar-refractivity contribution in [2.45, 2.75) is 18.9 Å². The van der Waals surface area contributed by atoms with Crippen LogP contribution in [-0.2, 0) is 0 Å². The van der Waals surface area contributed by atoms with Gasteiger partial charge in [-0.05, 0) is 31.0 Å². The number of hydrogen-bond donors (Lipinski definition) is 1. The summed E-state index contributed by atoms with van der Waals surface area (Å²) in [4.78, 5) is 0.565. The van der Waals surface area contributed by atoms with Crippen LogP contribution in [0.15, 0.2) is 24.3 Å². The zero-order chi connectivity index (χ0) is 15.0. The van der Waals surface area contributed by atoms with Crippen LogP contribution in [0.2, 0.25) is 0 Å². The molecule has 0 aromatic heterocycles. The molecule has 0 saturated carbocycles. The fraction of sp³-hybridized carbons (Fsp3) is 0.500. The Hall–Kier alpha value is -1.02. The SMILES string of the molecule is [2H]C([2H])([2H])N(c1ccccc1C1CCCN1)C([2H])([2H])[2H]. The minimum Gasteiger partial charge on any atom is -0.377 e. The third-order valence-corrected chi connectivity index (χ3v) is 2.61. The van der Waals surface area contributed by atoms with E-state index in [1.54, 1.807) is 24.3 Å². The van der Waals surface area contributed by atoms with Crippen molar-refractivity contribution < 1.29 is 8.22 Å². The van der Waals surface area contributed by atoms with Crippen molar-refractivity contribution in [2.24, 2.45) is 0 Å². The molecule has 0 amide bonds. The van der Waals surface area contributed by atoms with E-state index in [1.807, 2.05) is 0 Å². The summed E-state index contributed by atoms with van der Waals surface area (Å²) in [5, 5.41) is 3.28. The molecule has 0 spiro atoms. The molecule has 2 rings (SSSR count). The van der Waals surface area contributed by atoms with Crippen molar-refractivity contribution in [2.75, 3.05) is 25.4 Å². The number of nitrogens with one attached hydrogen (secondary N) is 1. The van der Waals surface area contributed by atoms with Gasteiger partial charge >= 0.3 is 0 Å². The molecule has 1 unspecified atom stereocenters. The van der Waals surface area contributed by atoms with Crippen LogP contribution >= 0.6 is 0 Å². The zero-order valence-corrected chi connectivity index (χ0v) is 7.96. The van der Waals surface area contributed by atoms with Gasteiger partial charge < -0.3 is 10.2 Å². The summed E-state index contributed by atoms with van der Waals surface area (Å²) in [6, 6.07) is 6.84. The van der Waals surface area contributed by atoms with Crippen LogP contribution in [-0.4, -0.2) is 20.5 Å². The van der Waals surface area contributed by atoms with Gasteiger partial charge in [0.05, 0.1) is 0 Å². The maximum atomic E-state index is 7.53. The molecule has 76 valence electrons. The Bertz CT molecular complexity index is 448. The van der Waals surface area contributed by atoms with Crippen molar-refractivity contribution in [3.63, 3.8) is 0 Å². The van der Waals surface area contributed by atoms with Gasteiger partial charge in [0.15, 0.2) is 0 Å². The van der Waals surface area contributed by atoms with E-state index < -0.39 is 14.0 Å². The highest BCUT2D eigenvalue weighted by Crippen LogP contribution is 2.30. The first-order chi connectivity index (χ1) is 9.21. The third kappa shape index (κ3) is 1.75. The van der Waals surface area contributed by atoms with Crippen LogP contribution in [0.3, 0.4) is 0 Å². The molecule has 14 heavy (non-hydrogen) atoms. The lowest BCUT2D eigenvalue weighted by molar-refractivity contribution is 0.647. The predicted molar refractivity (Wildman–Crippen MR) is 60.7 cm³/mol. The Labute approximate surface area is 94.4 Å². The fourth-order valence-electron chi connectivity index (χ4n) is 1.94. The predicted octanol–water partition coefficient (Wildman–Crippen LogP) is 2.18. The fourth-order valence-corrected chi connectivity index (χ4v) is 1.94. The molecule has 1 atom stereocenters. The number of benzene rings is 1. The van der Waals surface area contributed by atoms with Gasteiger partial charge in [0.1, 0.15) is 0 Å². The van der Waals surface area contributed by atoms with Gasteiger partial charge in [-0.1, -0.05) is 18.2 Å². The van der Waals surface area contributed by atoms with Crippen molar-refractivity contribution in [3.8, 4) is 0 Å². The second-order valence-corrected chi connectivity index (χ2v) is 3.54. The highest BCUT2D eigenvalue weighted by Gasteiger charge is 2.19. The smallest absolute Gasteiger partial charge is 0.0456 e. The molecule has 0 radical (unpaired) electrons. The maximum absolute atomic E-state index is 7.53. The number of rotatable bonds is 2. The first-order valence-corrected chi connectivity index (χ1v) is 4.84. The molecule has 1 aromatic carbocycles. The summed E-state index contributed by atoms with van der Waals surface area (Å²) in [6.45, 7) is -4.56. The Balaban J connectivity index is 2.48. The maximum Gasteiger partial charge on any atom is 0.0456 e. The normalized spacial score (nSPS) is 29.3. The lowest BCUT2D eigenvalue weighted by Gasteiger charge is -2.21. The molecule has 2 heteroatoms. The Morgan fingerprint density at radius 2 is 2.29 bits per heavy atom. The van der Waals surface area contributed by atoms with E-state index in [4.69, 9.17) is 8.22 Å². The van der Waals surface area contributed by atoms with Gasteiger partial charge in [-0.15, -0.1) is 0 Å². The Morgan fingerprint density at radius 3 is 3.00 bits per heavy atom. The minimum absolute atomic E-state index is 0.0124. The standard InChI is InChI=1S/C12H18N2/c1-14(2)12-8-4-3-6-10(12)11-7-5-9-13-11/h3-4,6,8,11,13H,5,7,9H2,1-2H3/i1D3,2D3. The average Bonchev–Trinajstić information content (AvgIpc) is 2.79. The third-order valence-electron chi connectivity index (χ3n) is 2.61.